The van der Waals surface area contributed by atoms with Gasteiger partial charge in [0.05, 0.1) is 11.2 Å². The van der Waals surface area contributed by atoms with E-state index in [1.165, 1.54) is 29.2 Å². The van der Waals surface area contributed by atoms with Crippen LogP contribution in [0.3, 0.4) is 0 Å². The molecule has 3 heterocycles. The molecule has 5 rings (SSSR count). The summed E-state index contributed by atoms with van der Waals surface area (Å²) in [6.45, 7) is 6.00. The Morgan fingerprint density at radius 1 is 1.17 bits per heavy atom. The Morgan fingerprint density at radius 3 is 2.60 bits per heavy atom. The zero-order valence-corrected chi connectivity index (χ0v) is 21.2. The lowest BCUT2D eigenvalue weighted by Crippen LogP contribution is -2.43. The molecule has 0 amide bonds. The van der Waals surface area contributed by atoms with Gasteiger partial charge in [0.25, 0.3) is 0 Å². The number of aromatic nitrogens is 2. The van der Waals surface area contributed by atoms with Gasteiger partial charge in [-0.2, -0.15) is 5.26 Å². The summed E-state index contributed by atoms with van der Waals surface area (Å²) in [5, 5.41) is 14.9. The largest absolute Gasteiger partial charge is 0.369 e. The van der Waals surface area contributed by atoms with Gasteiger partial charge in [0.1, 0.15) is 22.5 Å². The van der Waals surface area contributed by atoms with E-state index in [1.807, 2.05) is 13.2 Å². The van der Waals surface area contributed by atoms with Crippen molar-refractivity contribution in [2.45, 2.75) is 13.3 Å². The molecule has 6 nitrogen and oxygen atoms in total. The van der Waals surface area contributed by atoms with E-state index in [0.717, 1.165) is 60.3 Å². The van der Waals surface area contributed by atoms with E-state index in [9.17, 15) is 9.65 Å². The Labute approximate surface area is 214 Å². The molecule has 9 heteroatoms. The van der Waals surface area contributed by atoms with Crippen LogP contribution >= 0.6 is 23.7 Å². The van der Waals surface area contributed by atoms with Crippen LogP contribution in [0.4, 0.5) is 20.9 Å². The summed E-state index contributed by atoms with van der Waals surface area (Å²) in [6.07, 6.45) is 2.75. The molecule has 2 aromatic heterocycles. The van der Waals surface area contributed by atoms with Crippen LogP contribution < -0.4 is 15.1 Å². The van der Waals surface area contributed by atoms with E-state index >= 15 is 0 Å². The number of anilines is 3. The fourth-order valence-corrected chi connectivity index (χ4v) is 5.26. The summed E-state index contributed by atoms with van der Waals surface area (Å²) in [7, 11) is 1.99. The molecule has 1 N–H and O–H groups in total. The Kier molecular flexibility index (Phi) is 7.51. The quantitative estimate of drug-likeness (QED) is 0.382. The first-order chi connectivity index (χ1) is 16.6. The Bertz CT molecular complexity index is 1380. The molecule has 35 heavy (non-hydrogen) atoms. The molecule has 4 aromatic rings. The number of fused-ring (bicyclic) bond motifs is 1. The second kappa shape index (κ2) is 10.6. The first kappa shape index (κ1) is 24.9. The molecule has 1 aliphatic rings. The van der Waals surface area contributed by atoms with Crippen LogP contribution in [0.25, 0.3) is 22.2 Å². The molecule has 0 atom stereocenters. The molecule has 1 aliphatic heterocycles. The second-order valence-electron chi connectivity index (χ2n) is 8.28. The van der Waals surface area contributed by atoms with Crippen molar-refractivity contribution >= 4 is 51.2 Å². The maximum atomic E-state index is 13.4. The highest BCUT2D eigenvalue weighted by molar-refractivity contribution is 7.16. The van der Waals surface area contributed by atoms with E-state index in [2.05, 4.69) is 46.3 Å². The van der Waals surface area contributed by atoms with Crippen molar-refractivity contribution in [2.24, 2.45) is 0 Å². The summed E-state index contributed by atoms with van der Waals surface area (Å²) in [5.41, 5.74) is 5.58. The fourth-order valence-electron chi connectivity index (χ4n) is 4.41. The molecule has 0 unspecified atom stereocenters. The number of hydrogen-bond acceptors (Lipinski definition) is 7. The Balaban J connectivity index is 0.00000289. The molecular formula is C26H26ClFN6S. The highest BCUT2D eigenvalue weighted by Crippen LogP contribution is 2.40. The van der Waals surface area contributed by atoms with Crippen molar-refractivity contribution in [3.8, 4) is 17.3 Å². The van der Waals surface area contributed by atoms with Crippen LogP contribution in [0, 0.1) is 17.1 Å². The monoisotopic (exact) mass is 508 g/mol. The van der Waals surface area contributed by atoms with Gasteiger partial charge in [0, 0.05) is 56.1 Å². The molecule has 0 aliphatic carbocycles. The number of piperazine rings is 1. The first-order valence-electron chi connectivity index (χ1n) is 11.4. The maximum Gasteiger partial charge on any atom is 0.191 e. The summed E-state index contributed by atoms with van der Waals surface area (Å²) >= 11 is 1.34. The van der Waals surface area contributed by atoms with Gasteiger partial charge in [0.15, 0.2) is 5.13 Å². The standard InChI is InChI=1S/C26H25FN6S.ClH/c1-3-17-16-30-22-9-8-20(33-12-10-29-11-13-33)14-21(22)25(17)32(2)26-31-24(23(15-28)34-26)18-4-6-19(27)7-5-18;/h4-9,14,16,29H,3,10-13H2,1-2H3;1H. The average molecular weight is 509 g/mol. The number of benzene rings is 2. The minimum absolute atomic E-state index is 0. The van der Waals surface area contributed by atoms with Gasteiger partial charge in [-0.1, -0.05) is 18.3 Å². The van der Waals surface area contributed by atoms with Crippen molar-refractivity contribution in [1.82, 2.24) is 15.3 Å². The number of thiazole rings is 1. The average Bonchev–Trinajstić information content (AvgIpc) is 3.33. The highest BCUT2D eigenvalue weighted by Gasteiger charge is 2.21. The van der Waals surface area contributed by atoms with Gasteiger partial charge < -0.3 is 15.1 Å². The number of halogens is 2. The van der Waals surface area contributed by atoms with Crippen LogP contribution in [0.15, 0.2) is 48.7 Å². The van der Waals surface area contributed by atoms with Crippen LogP contribution in [0.1, 0.15) is 17.4 Å². The summed E-state index contributed by atoms with van der Waals surface area (Å²) in [4.78, 5) is 14.5. The van der Waals surface area contributed by atoms with Gasteiger partial charge in [-0.25, -0.2) is 9.37 Å². The Morgan fingerprint density at radius 2 is 1.91 bits per heavy atom. The van der Waals surface area contributed by atoms with Crippen molar-refractivity contribution in [3.05, 3.63) is 64.9 Å². The molecule has 2 aromatic carbocycles. The number of hydrogen-bond donors (Lipinski definition) is 1. The third-order valence-electron chi connectivity index (χ3n) is 6.22. The van der Waals surface area contributed by atoms with Gasteiger partial charge in [-0.05, 0) is 54.4 Å². The van der Waals surface area contributed by atoms with E-state index in [1.54, 1.807) is 12.1 Å². The maximum absolute atomic E-state index is 13.4. The summed E-state index contributed by atoms with van der Waals surface area (Å²) < 4.78 is 13.4. The molecule has 0 spiro atoms. The van der Waals surface area contributed by atoms with E-state index < -0.39 is 0 Å². The van der Waals surface area contributed by atoms with Gasteiger partial charge >= 0.3 is 0 Å². The normalized spacial score (nSPS) is 13.4. The highest BCUT2D eigenvalue weighted by atomic mass is 35.5. The minimum Gasteiger partial charge on any atom is -0.369 e. The minimum atomic E-state index is -0.314. The third kappa shape index (κ3) is 4.80. The Hall–Kier alpha value is -3.25. The van der Waals surface area contributed by atoms with Gasteiger partial charge in [0.2, 0.25) is 0 Å². The van der Waals surface area contributed by atoms with Crippen molar-refractivity contribution in [2.75, 3.05) is 43.0 Å². The number of aryl methyl sites for hydroxylation is 1. The third-order valence-corrected chi connectivity index (χ3v) is 7.26. The number of nitriles is 1. The summed E-state index contributed by atoms with van der Waals surface area (Å²) in [6, 6.07) is 14.8. The van der Waals surface area contributed by atoms with E-state index in [0.29, 0.717) is 15.7 Å². The van der Waals surface area contributed by atoms with Crippen LogP contribution in [0.2, 0.25) is 0 Å². The molecule has 0 bridgehead atoms. The van der Waals surface area contributed by atoms with Crippen molar-refractivity contribution in [3.63, 3.8) is 0 Å². The predicted molar refractivity (Wildman–Crippen MR) is 144 cm³/mol. The molecule has 1 saturated heterocycles. The molecule has 0 saturated carbocycles. The SMILES string of the molecule is CCc1cnc2ccc(N3CCNCC3)cc2c1N(C)c1nc(-c2ccc(F)cc2)c(C#N)s1.Cl. The lowest BCUT2D eigenvalue weighted by Gasteiger charge is -2.30. The first-order valence-corrected chi connectivity index (χ1v) is 12.2. The smallest absolute Gasteiger partial charge is 0.191 e. The van der Waals surface area contributed by atoms with Gasteiger partial charge in [-0.15, -0.1) is 12.4 Å². The number of nitrogens with one attached hydrogen (secondary N) is 1. The lowest BCUT2D eigenvalue weighted by atomic mass is 10.1. The fraction of sp³-hybridized carbons (Fsp3) is 0.269. The van der Waals surface area contributed by atoms with Crippen LogP contribution in [-0.4, -0.2) is 43.2 Å². The second-order valence-corrected chi connectivity index (χ2v) is 9.25. The topological polar surface area (TPSA) is 68.1 Å². The van der Waals surface area contributed by atoms with Crippen molar-refractivity contribution in [1.29, 1.82) is 5.26 Å². The molecule has 180 valence electrons. The van der Waals surface area contributed by atoms with E-state index in [4.69, 9.17) is 9.97 Å². The molecular weight excluding hydrogens is 483 g/mol. The van der Waals surface area contributed by atoms with Crippen molar-refractivity contribution < 1.29 is 4.39 Å². The van der Waals surface area contributed by atoms with E-state index in [-0.39, 0.29) is 18.2 Å². The van der Waals surface area contributed by atoms with Gasteiger partial charge in [-0.3, -0.25) is 4.98 Å². The van der Waals surface area contributed by atoms with Crippen LogP contribution in [-0.2, 0) is 6.42 Å². The predicted octanol–water partition coefficient (Wildman–Crippen LogP) is 5.53. The number of pyridine rings is 1. The summed E-state index contributed by atoms with van der Waals surface area (Å²) in [5.74, 6) is -0.314. The number of nitrogens with zero attached hydrogens (tertiary/aromatic N) is 5. The molecule has 0 radical (unpaired) electrons. The zero-order chi connectivity index (χ0) is 23.7. The number of rotatable bonds is 5. The molecule has 1 fully saturated rings. The van der Waals surface area contributed by atoms with Crippen LogP contribution in [0.5, 0.6) is 0 Å². The zero-order valence-electron chi connectivity index (χ0n) is 19.6. The lowest BCUT2D eigenvalue weighted by molar-refractivity contribution is 0.589.